The van der Waals surface area contributed by atoms with E-state index in [0.29, 0.717) is 17.9 Å². The van der Waals surface area contributed by atoms with Crippen LogP contribution in [0.4, 0.5) is 17.8 Å². The second kappa shape index (κ2) is 7.40. The topological polar surface area (TPSA) is 69.2 Å². The highest BCUT2D eigenvalue weighted by molar-refractivity contribution is 5.43. The lowest BCUT2D eigenvalue weighted by Gasteiger charge is -2.21. The maximum Gasteiger partial charge on any atom is 0.231 e. The molecule has 21 heavy (non-hydrogen) atoms. The molecule has 1 aromatic rings. The fourth-order valence-corrected chi connectivity index (χ4v) is 2.65. The Bertz CT molecular complexity index is 447. The zero-order valence-electron chi connectivity index (χ0n) is 13.6. The predicted octanol–water partition coefficient (Wildman–Crippen LogP) is 1.27. The highest BCUT2D eigenvalue weighted by Gasteiger charge is 2.21. The van der Waals surface area contributed by atoms with Gasteiger partial charge >= 0.3 is 0 Å². The van der Waals surface area contributed by atoms with Gasteiger partial charge in [0.25, 0.3) is 0 Å². The van der Waals surface area contributed by atoms with E-state index in [9.17, 15) is 0 Å². The van der Waals surface area contributed by atoms with Crippen molar-refractivity contribution in [2.75, 3.05) is 55.8 Å². The van der Waals surface area contributed by atoms with Crippen LogP contribution in [0, 0.1) is 0 Å². The van der Waals surface area contributed by atoms with Crippen molar-refractivity contribution in [1.29, 1.82) is 0 Å². The van der Waals surface area contributed by atoms with Gasteiger partial charge < -0.3 is 20.4 Å². The fourth-order valence-electron chi connectivity index (χ4n) is 2.65. The molecule has 1 aliphatic rings. The molecule has 2 N–H and O–H groups in total. The minimum Gasteiger partial charge on any atom is -0.357 e. The molecular weight excluding hydrogens is 266 g/mol. The largest absolute Gasteiger partial charge is 0.357 e. The molecule has 1 fully saturated rings. The van der Waals surface area contributed by atoms with Crippen molar-refractivity contribution in [1.82, 2.24) is 19.9 Å². The van der Waals surface area contributed by atoms with Gasteiger partial charge in [-0.3, -0.25) is 0 Å². The monoisotopic (exact) mass is 293 g/mol. The number of likely N-dealkylation sites (tertiary alicyclic amines) is 1. The van der Waals surface area contributed by atoms with E-state index >= 15 is 0 Å². The molecule has 0 radical (unpaired) electrons. The lowest BCUT2D eigenvalue weighted by molar-refractivity contribution is 0.322. The van der Waals surface area contributed by atoms with Crippen molar-refractivity contribution in [3.05, 3.63) is 0 Å². The molecule has 1 unspecified atom stereocenters. The summed E-state index contributed by atoms with van der Waals surface area (Å²) in [7, 11) is 4.00. The van der Waals surface area contributed by atoms with E-state index in [-0.39, 0.29) is 0 Å². The van der Waals surface area contributed by atoms with Crippen LogP contribution in [0.5, 0.6) is 0 Å². The Morgan fingerprint density at radius 3 is 2.48 bits per heavy atom. The summed E-state index contributed by atoms with van der Waals surface area (Å²) in [5.41, 5.74) is 0. The number of nitrogens with one attached hydrogen (secondary N) is 2. The summed E-state index contributed by atoms with van der Waals surface area (Å²) in [4.78, 5) is 17.9. The third kappa shape index (κ3) is 3.93. The Balaban J connectivity index is 2.08. The predicted molar refractivity (Wildman–Crippen MR) is 87.1 cm³/mol. The first-order valence-electron chi connectivity index (χ1n) is 7.80. The van der Waals surface area contributed by atoms with Gasteiger partial charge in [-0.2, -0.15) is 15.0 Å². The molecule has 1 saturated heterocycles. The first-order chi connectivity index (χ1) is 10.2. The molecule has 2 rings (SSSR count). The maximum atomic E-state index is 4.54. The van der Waals surface area contributed by atoms with Gasteiger partial charge in [0.15, 0.2) is 0 Å². The Morgan fingerprint density at radius 1 is 1.19 bits per heavy atom. The second-order valence-corrected chi connectivity index (χ2v) is 5.36. The van der Waals surface area contributed by atoms with E-state index in [1.165, 1.54) is 19.4 Å². The van der Waals surface area contributed by atoms with Crippen molar-refractivity contribution in [3.8, 4) is 0 Å². The van der Waals surface area contributed by atoms with Crippen molar-refractivity contribution in [2.24, 2.45) is 0 Å². The fraction of sp³-hybridized carbons (Fsp3) is 0.786. The number of anilines is 3. The molecule has 0 spiro atoms. The van der Waals surface area contributed by atoms with Crippen molar-refractivity contribution < 1.29 is 0 Å². The molecule has 2 heterocycles. The van der Waals surface area contributed by atoms with Crippen LogP contribution in [0.15, 0.2) is 0 Å². The van der Waals surface area contributed by atoms with Crippen LogP contribution < -0.4 is 15.5 Å². The van der Waals surface area contributed by atoms with Crippen LogP contribution in [0.2, 0.25) is 0 Å². The van der Waals surface area contributed by atoms with Crippen LogP contribution >= 0.6 is 0 Å². The quantitative estimate of drug-likeness (QED) is 0.784. The Labute approximate surface area is 127 Å². The molecule has 0 saturated carbocycles. The van der Waals surface area contributed by atoms with Crippen molar-refractivity contribution >= 4 is 17.8 Å². The summed E-state index contributed by atoms with van der Waals surface area (Å²) < 4.78 is 0. The van der Waals surface area contributed by atoms with Gasteiger partial charge in [-0.25, -0.2) is 0 Å². The number of nitrogens with zero attached hydrogens (tertiary/aromatic N) is 5. The normalized spacial score (nSPS) is 18.8. The SMILES string of the molecule is CCN(CC)c1nc(NC)nc(NCC2CCCN2C)n1. The Morgan fingerprint density at radius 2 is 1.90 bits per heavy atom. The van der Waals surface area contributed by atoms with Crippen molar-refractivity contribution in [2.45, 2.75) is 32.7 Å². The van der Waals surface area contributed by atoms with E-state index < -0.39 is 0 Å². The summed E-state index contributed by atoms with van der Waals surface area (Å²) in [5.74, 6) is 1.98. The zero-order chi connectivity index (χ0) is 15.2. The van der Waals surface area contributed by atoms with Crippen molar-refractivity contribution in [3.63, 3.8) is 0 Å². The summed E-state index contributed by atoms with van der Waals surface area (Å²) in [6.45, 7) is 8.03. The van der Waals surface area contributed by atoms with Gasteiger partial charge in [0.1, 0.15) is 0 Å². The third-order valence-electron chi connectivity index (χ3n) is 4.06. The average molecular weight is 293 g/mol. The number of hydrogen-bond acceptors (Lipinski definition) is 7. The minimum atomic E-state index is 0.566. The van der Waals surface area contributed by atoms with Gasteiger partial charge in [-0.15, -0.1) is 0 Å². The summed E-state index contributed by atoms with van der Waals surface area (Å²) in [6, 6.07) is 0.566. The number of aromatic nitrogens is 3. The van der Waals surface area contributed by atoms with E-state index in [4.69, 9.17) is 0 Å². The smallest absolute Gasteiger partial charge is 0.231 e. The molecule has 0 aliphatic carbocycles. The minimum absolute atomic E-state index is 0.566. The van der Waals surface area contributed by atoms with Crippen LogP contribution in [0.3, 0.4) is 0 Å². The standard InChI is InChI=1S/C14H27N7/c1-5-21(6-2)14-18-12(15-3)17-13(19-14)16-10-11-8-7-9-20(11)4/h11H,5-10H2,1-4H3,(H2,15,16,17,18,19). The molecule has 1 atom stereocenters. The Kier molecular flexibility index (Phi) is 5.55. The first kappa shape index (κ1) is 15.8. The summed E-state index contributed by atoms with van der Waals surface area (Å²) in [6.07, 6.45) is 2.50. The molecule has 0 amide bonds. The first-order valence-corrected chi connectivity index (χ1v) is 7.80. The second-order valence-electron chi connectivity index (χ2n) is 5.36. The highest BCUT2D eigenvalue weighted by Crippen LogP contribution is 2.17. The van der Waals surface area contributed by atoms with Crippen LogP contribution in [-0.4, -0.2) is 66.2 Å². The Hall–Kier alpha value is -1.63. The van der Waals surface area contributed by atoms with Gasteiger partial charge in [0.2, 0.25) is 17.8 Å². The zero-order valence-corrected chi connectivity index (χ0v) is 13.6. The lowest BCUT2D eigenvalue weighted by Crippen LogP contribution is -2.32. The van der Waals surface area contributed by atoms with Gasteiger partial charge in [0, 0.05) is 32.7 Å². The molecule has 0 bridgehead atoms. The van der Waals surface area contributed by atoms with E-state index in [0.717, 1.165) is 25.6 Å². The number of hydrogen-bond donors (Lipinski definition) is 2. The van der Waals surface area contributed by atoms with Crippen LogP contribution in [-0.2, 0) is 0 Å². The molecule has 0 aromatic carbocycles. The highest BCUT2D eigenvalue weighted by atomic mass is 15.3. The molecular formula is C14H27N7. The molecule has 1 aliphatic heterocycles. The van der Waals surface area contributed by atoms with Crippen LogP contribution in [0.25, 0.3) is 0 Å². The van der Waals surface area contributed by atoms with Crippen LogP contribution in [0.1, 0.15) is 26.7 Å². The number of likely N-dealkylation sites (N-methyl/N-ethyl adjacent to an activating group) is 1. The van der Waals surface area contributed by atoms with E-state index in [2.05, 4.69) is 56.3 Å². The number of rotatable bonds is 7. The average Bonchev–Trinajstić information content (AvgIpc) is 2.91. The van der Waals surface area contributed by atoms with E-state index in [1.807, 2.05) is 7.05 Å². The summed E-state index contributed by atoms with van der Waals surface area (Å²) >= 11 is 0. The summed E-state index contributed by atoms with van der Waals surface area (Å²) in [5, 5.41) is 6.37. The van der Waals surface area contributed by atoms with Gasteiger partial charge in [-0.1, -0.05) is 0 Å². The molecule has 1 aromatic heterocycles. The van der Waals surface area contributed by atoms with E-state index in [1.54, 1.807) is 0 Å². The van der Waals surface area contributed by atoms with Gasteiger partial charge in [-0.05, 0) is 40.3 Å². The molecule has 7 heteroatoms. The molecule has 118 valence electrons. The third-order valence-corrected chi connectivity index (χ3v) is 4.06. The maximum absolute atomic E-state index is 4.54. The van der Waals surface area contributed by atoms with Gasteiger partial charge in [0.05, 0.1) is 0 Å². The lowest BCUT2D eigenvalue weighted by atomic mass is 10.2. The molecule has 7 nitrogen and oxygen atoms in total.